The lowest BCUT2D eigenvalue weighted by Crippen LogP contribution is -2.10. The number of hydrogen-bond acceptors (Lipinski definition) is 2. The van der Waals surface area contributed by atoms with E-state index in [1.54, 1.807) is 12.1 Å². The van der Waals surface area contributed by atoms with Gasteiger partial charge in [-0.3, -0.25) is 4.79 Å². The smallest absolute Gasteiger partial charge is 0.153 e. The Morgan fingerprint density at radius 3 is 2.73 bits per heavy atom. The number of aldehydes is 1. The van der Waals surface area contributed by atoms with E-state index >= 15 is 0 Å². The number of aryl methyl sites for hydroxylation is 1. The second kappa shape index (κ2) is 5.12. The predicted molar refractivity (Wildman–Crippen MR) is 64.6 cm³/mol. The molecule has 0 saturated heterocycles. The van der Waals surface area contributed by atoms with Crippen molar-refractivity contribution in [1.29, 1.82) is 0 Å². The molecule has 0 aliphatic rings. The van der Waals surface area contributed by atoms with Crippen molar-refractivity contribution in [3.05, 3.63) is 40.4 Å². The Bertz CT molecular complexity index is 385. The molecule has 0 fully saturated rings. The molecule has 0 heterocycles. The van der Waals surface area contributed by atoms with E-state index in [1.165, 1.54) is 0 Å². The van der Waals surface area contributed by atoms with Crippen molar-refractivity contribution in [3.63, 3.8) is 0 Å². The highest BCUT2D eigenvalue weighted by atomic mass is 79.9. The minimum atomic E-state index is -0.108. The van der Waals surface area contributed by atoms with Crippen molar-refractivity contribution < 1.29 is 9.53 Å². The maximum atomic E-state index is 10.9. The first-order valence-electron chi connectivity index (χ1n) is 4.63. The van der Waals surface area contributed by atoms with E-state index in [4.69, 9.17) is 4.74 Å². The summed E-state index contributed by atoms with van der Waals surface area (Å²) in [5, 5.41) is 0. The van der Waals surface area contributed by atoms with Crippen LogP contribution in [0.4, 0.5) is 0 Å². The van der Waals surface area contributed by atoms with E-state index in [-0.39, 0.29) is 6.10 Å². The molecule has 1 atom stereocenters. The van der Waals surface area contributed by atoms with Gasteiger partial charge in [0.15, 0.2) is 6.29 Å². The highest BCUT2D eigenvalue weighted by molar-refractivity contribution is 9.10. The van der Waals surface area contributed by atoms with Crippen molar-refractivity contribution >= 4 is 22.2 Å². The SMILES string of the molecule is C=CC(C)Oc1c(C)cc(Br)cc1C=O. The molecule has 1 rings (SSSR count). The first-order valence-corrected chi connectivity index (χ1v) is 5.42. The first-order chi connectivity index (χ1) is 7.08. The summed E-state index contributed by atoms with van der Waals surface area (Å²) in [6.45, 7) is 7.42. The Balaban J connectivity index is 3.14. The molecule has 0 N–H and O–H groups in total. The van der Waals surface area contributed by atoms with Gasteiger partial charge < -0.3 is 4.74 Å². The fourth-order valence-electron chi connectivity index (χ4n) is 1.24. The molecule has 3 heteroatoms. The molecule has 0 amide bonds. The van der Waals surface area contributed by atoms with Gasteiger partial charge >= 0.3 is 0 Å². The molecular formula is C12H13BrO2. The molecule has 15 heavy (non-hydrogen) atoms. The number of ether oxygens (including phenoxy) is 1. The summed E-state index contributed by atoms with van der Waals surface area (Å²) in [6.07, 6.45) is 2.38. The maximum absolute atomic E-state index is 10.9. The van der Waals surface area contributed by atoms with Gasteiger partial charge in [-0.25, -0.2) is 0 Å². The molecule has 1 unspecified atom stereocenters. The number of benzene rings is 1. The van der Waals surface area contributed by atoms with Crippen LogP contribution in [-0.2, 0) is 0 Å². The number of carbonyl (C=O) groups is 1. The Kier molecular flexibility index (Phi) is 4.09. The van der Waals surface area contributed by atoms with Crippen LogP contribution in [-0.4, -0.2) is 12.4 Å². The molecule has 0 radical (unpaired) electrons. The Morgan fingerprint density at radius 2 is 2.20 bits per heavy atom. The minimum absolute atomic E-state index is 0.108. The van der Waals surface area contributed by atoms with Crippen molar-refractivity contribution in [2.45, 2.75) is 20.0 Å². The van der Waals surface area contributed by atoms with Gasteiger partial charge in [0.1, 0.15) is 11.9 Å². The van der Waals surface area contributed by atoms with E-state index < -0.39 is 0 Å². The van der Waals surface area contributed by atoms with Gasteiger partial charge in [-0.15, -0.1) is 0 Å². The molecule has 0 aliphatic carbocycles. The molecule has 80 valence electrons. The lowest BCUT2D eigenvalue weighted by molar-refractivity contribution is 0.111. The molecule has 0 spiro atoms. The summed E-state index contributed by atoms with van der Waals surface area (Å²) >= 11 is 3.34. The maximum Gasteiger partial charge on any atom is 0.153 e. The fraction of sp³-hybridized carbons (Fsp3) is 0.250. The molecule has 0 saturated carbocycles. The molecule has 1 aromatic rings. The van der Waals surface area contributed by atoms with Gasteiger partial charge in [0.25, 0.3) is 0 Å². The number of hydrogen-bond donors (Lipinski definition) is 0. The zero-order valence-electron chi connectivity index (χ0n) is 8.79. The normalized spacial score (nSPS) is 11.9. The van der Waals surface area contributed by atoms with Crippen molar-refractivity contribution in [2.75, 3.05) is 0 Å². The quantitative estimate of drug-likeness (QED) is 0.617. The van der Waals surface area contributed by atoms with Gasteiger partial charge in [-0.2, -0.15) is 0 Å². The monoisotopic (exact) mass is 268 g/mol. The van der Waals surface area contributed by atoms with Crippen molar-refractivity contribution in [3.8, 4) is 5.75 Å². The van der Waals surface area contributed by atoms with Gasteiger partial charge in [0.2, 0.25) is 0 Å². The van der Waals surface area contributed by atoms with Crippen LogP contribution in [0, 0.1) is 6.92 Å². The van der Waals surface area contributed by atoms with E-state index in [2.05, 4.69) is 22.5 Å². The first kappa shape index (κ1) is 12.0. The Labute approximate surface area is 98.1 Å². The summed E-state index contributed by atoms with van der Waals surface area (Å²) in [4.78, 5) is 10.9. The number of rotatable bonds is 4. The third-order valence-electron chi connectivity index (χ3n) is 2.03. The summed E-state index contributed by atoms with van der Waals surface area (Å²) in [5.74, 6) is 0.626. The van der Waals surface area contributed by atoms with Crippen LogP contribution in [0.2, 0.25) is 0 Å². The van der Waals surface area contributed by atoms with Crippen LogP contribution in [0.5, 0.6) is 5.75 Å². The summed E-state index contributed by atoms with van der Waals surface area (Å²) in [7, 11) is 0. The Hall–Kier alpha value is -1.09. The van der Waals surface area contributed by atoms with Crippen LogP contribution in [0.1, 0.15) is 22.8 Å². The van der Waals surface area contributed by atoms with E-state index in [9.17, 15) is 4.79 Å². The van der Waals surface area contributed by atoms with E-state index in [1.807, 2.05) is 19.9 Å². The van der Waals surface area contributed by atoms with Gasteiger partial charge in [-0.1, -0.05) is 28.6 Å². The molecule has 0 aromatic heterocycles. The average molecular weight is 269 g/mol. The highest BCUT2D eigenvalue weighted by Gasteiger charge is 2.10. The third kappa shape index (κ3) is 2.93. The standard InChI is InChI=1S/C12H13BrO2/c1-4-9(3)15-12-8(2)5-11(13)6-10(12)7-14/h4-7,9H,1H2,2-3H3. The average Bonchev–Trinajstić information content (AvgIpc) is 2.21. The molecule has 0 aliphatic heterocycles. The summed E-state index contributed by atoms with van der Waals surface area (Å²) in [6, 6.07) is 3.66. The van der Waals surface area contributed by atoms with Crippen LogP contribution in [0.25, 0.3) is 0 Å². The van der Waals surface area contributed by atoms with Crippen LogP contribution < -0.4 is 4.74 Å². The highest BCUT2D eigenvalue weighted by Crippen LogP contribution is 2.27. The van der Waals surface area contributed by atoms with Gasteiger partial charge in [-0.05, 0) is 31.5 Å². The van der Waals surface area contributed by atoms with Gasteiger partial charge in [0.05, 0.1) is 5.56 Å². The molecular weight excluding hydrogens is 256 g/mol. The van der Waals surface area contributed by atoms with Crippen molar-refractivity contribution in [2.24, 2.45) is 0 Å². The van der Waals surface area contributed by atoms with Gasteiger partial charge in [0, 0.05) is 4.47 Å². The second-order valence-electron chi connectivity index (χ2n) is 3.32. The number of halogens is 1. The van der Waals surface area contributed by atoms with E-state index in [0.717, 1.165) is 16.3 Å². The van der Waals surface area contributed by atoms with E-state index in [0.29, 0.717) is 11.3 Å². The number of carbonyl (C=O) groups excluding carboxylic acids is 1. The predicted octanol–water partition coefficient (Wildman–Crippen LogP) is 3.52. The zero-order valence-corrected chi connectivity index (χ0v) is 10.4. The molecule has 2 nitrogen and oxygen atoms in total. The minimum Gasteiger partial charge on any atom is -0.486 e. The third-order valence-corrected chi connectivity index (χ3v) is 2.49. The van der Waals surface area contributed by atoms with Crippen LogP contribution in [0.15, 0.2) is 29.3 Å². The lowest BCUT2D eigenvalue weighted by atomic mass is 10.1. The van der Waals surface area contributed by atoms with Crippen molar-refractivity contribution in [1.82, 2.24) is 0 Å². The molecule has 0 bridgehead atoms. The topological polar surface area (TPSA) is 26.3 Å². The second-order valence-corrected chi connectivity index (χ2v) is 4.23. The summed E-state index contributed by atoms with van der Waals surface area (Å²) in [5.41, 5.74) is 1.48. The Morgan fingerprint density at radius 1 is 1.53 bits per heavy atom. The van der Waals surface area contributed by atoms with Crippen LogP contribution >= 0.6 is 15.9 Å². The lowest BCUT2D eigenvalue weighted by Gasteiger charge is -2.15. The largest absolute Gasteiger partial charge is 0.486 e. The van der Waals surface area contributed by atoms with Crippen LogP contribution in [0.3, 0.4) is 0 Å². The molecule has 1 aromatic carbocycles. The fourth-order valence-corrected chi connectivity index (χ4v) is 1.83. The summed E-state index contributed by atoms with van der Waals surface area (Å²) < 4.78 is 6.48. The zero-order chi connectivity index (χ0) is 11.4.